The highest BCUT2D eigenvalue weighted by atomic mass is 19.1. The highest BCUT2D eigenvalue weighted by Crippen LogP contribution is 2.30. The van der Waals surface area contributed by atoms with Gasteiger partial charge in [-0.3, -0.25) is 4.79 Å². The molecule has 0 saturated heterocycles. The summed E-state index contributed by atoms with van der Waals surface area (Å²) in [5.41, 5.74) is 4.51. The third-order valence-electron chi connectivity index (χ3n) is 5.69. The number of aromatic amines is 1. The van der Waals surface area contributed by atoms with Crippen molar-refractivity contribution in [1.29, 1.82) is 0 Å². The van der Waals surface area contributed by atoms with Crippen molar-refractivity contribution in [2.24, 2.45) is 0 Å². The summed E-state index contributed by atoms with van der Waals surface area (Å²) >= 11 is 0. The van der Waals surface area contributed by atoms with Gasteiger partial charge in [0.15, 0.2) is 0 Å². The van der Waals surface area contributed by atoms with E-state index in [2.05, 4.69) is 10.3 Å². The molecule has 0 fully saturated rings. The molecule has 3 aromatic carbocycles. The second kappa shape index (κ2) is 9.33. The van der Waals surface area contributed by atoms with Crippen molar-refractivity contribution in [3.05, 3.63) is 112 Å². The number of pyridine rings is 1. The van der Waals surface area contributed by atoms with E-state index in [1.54, 1.807) is 23.9 Å². The van der Waals surface area contributed by atoms with Crippen LogP contribution in [0.25, 0.3) is 28.0 Å². The van der Waals surface area contributed by atoms with Gasteiger partial charge in [-0.25, -0.2) is 9.07 Å². The molecule has 34 heavy (non-hydrogen) atoms. The highest BCUT2D eigenvalue weighted by molar-refractivity contribution is 5.92. The van der Waals surface area contributed by atoms with Gasteiger partial charge in [0.05, 0.1) is 12.8 Å². The van der Waals surface area contributed by atoms with Crippen molar-refractivity contribution in [3.63, 3.8) is 0 Å². The smallest absolute Gasteiger partial charge is 0.254 e. The van der Waals surface area contributed by atoms with Crippen molar-refractivity contribution >= 4 is 11.0 Å². The Bertz CT molecular complexity index is 1470. The molecule has 170 valence electrons. The van der Waals surface area contributed by atoms with E-state index in [0.29, 0.717) is 24.3 Å². The Morgan fingerprint density at radius 3 is 2.41 bits per heavy atom. The number of hydrogen-bond donors (Lipinski definition) is 2. The molecule has 0 unspecified atom stereocenters. The molecule has 0 radical (unpaired) electrons. The van der Waals surface area contributed by atoms with Crippen LogP contribution >= 0.6 is 0 Å². The molecule has 2 N–H and O–H groups in total. The molecule has 0 atom stereocenters. The number of aromatic nitrogens is 3. The predicted octanol–water partition coefficient (Wildman–Crippen LogP) is 4.82. The lowest BCUT2D eigenvalue weighted by molar-refractivity contribution is 0.415. The maximum Gasteiger partial charge on any atom is 0.254 e. The summed E-state index contributed by atoms with van der Waals surface area (Å²) in [5, 5.41) is 8.96. The summed E-state index contributed by atoms with van der Waals surface area (Å²) in [6.07, 6.45) is 0. The van der Waals surface area contributed by atoms with E-state index in [4.69, 9.17) is 9.84 Å². The van der Waals surface area contributed by atoms with Gasteiger partial charge >= 0.3 is 0 Å². The fraction of sp³-hybridized carbons (Fsp3) is 0.111. The van der Waals surface area contributed by atoms with Gasteiger partial charge in [-0.2, -0.15) is 5.10 Å². The summed E-state index contributed by atoms with van der Waals surface area (Å²) < 4.78 is 20.2. The van der Waals surface area contributed by atoms with Crippen LogP contribution in [0.4, 0.5) is 4.39 Å². The second-order valence-electron chi connectivity index (χ2n) is 7.94. The normalized spacial score (nSPS) is 11.1. The predicted molar refractivity (Wildman–Crippen MR) is 131 cm³/mol. The van der Waals surface area contributed by atoms with Crippen LogP contribution in [0.1, 0.15) is 11.1 Å². The van der Waals surface area contributed by atoms with Gasteiger partial charge in [-0.1, -0.05) is 30.3 Å². The van der Waals surface area contributed by atoms with Crippen LogP contribution in [0.3, 0.4) is 0 Å². The number of ether oxygens (including phenoxy) is 1. The number of rotatable bonds is 7. The Hall–Kier alpha value is -4.23. The molecule has 0 aliphatic heterocycles. The minimum atomic E-state index is -0.271. The number of nitrogens with zero attached hydrogens (tertiary/aromatic N) is 2. The molecule has 0 amide bonds. The molecule has 0 saturated carbocycles. The van der Waals surface area contributed by atoms with Gasteiger partial charge < -0.3 is 15.0 Å². The third kappa shape index (κ3) is 4.33. The van der Waals surface area contributed by atoms with Crippen LogP contribution in [-0.4, -0.2) is 21.9 Å². The summed E-state index contributed by atoms with van der Waals surface area (Å²) in [4.78, 5) is 16.0. The third-order valence-corrected chi connectivity index (χ3v) is 5.69. The van der Waals surface area contributed by atoms with E-state index in [1.807, 2.05) is 60.7 Å². The SMILES string of the molecule is COc1ccc(-c2nn(-c3ccccc3)c3[nH]c(=O)c(CNCc4ccc(F)cc4)cc23)cc1. The quantitative estimate of drug-likeness (QED) is 0.370. The van der Waals surface area contributed by atoms with E-state index in [1.165, 1.54) is 12.1 Å². The molecule has 5 rings (SSSR count). The molecular formula is C27H23FN4O2. The first kappa shape index (κ1) is 21.6. The molecule has 0 bridgehead atoms. The van der Waals surface area contributed by atoms with Gasteiger partial charge in [0.1, 0.15) is 22.9 Å². The number of fused-ring (bicyclic) bond motifs is 1. The van der Waals surface area contributed by atoms with Crippen LogP contribution in [0.5, 0.6) is 5.75 Å². The summed E-state index contributed by atoms with van der Waals surface area (Å²) in [7, 11) is 1.63. The molecule has 0 aliphatic carbocycles. The zero-order valence-corrected chi connectivity index (χ0v) is 18.6. The molecule has 0 aliphatic rings. The fourth-order valence-electron chi connectivity index (χ4n) is 3.91. The number of halogens is 1. The number of nitrogens with one attached hydrogen (secondary N) is 2. The lowest BCUT2D eigenvalue weighted by Crippen LogP contribution is -2.21. The average molecular weight is 455 g/mol. The summed E-state index contributed by atoms with van der Waals surface area (Å²) in [6, 6.07) is 25.6. The van der Waals surface area contributed by atoms with Crippen molar-refractivity contribution in [3.8, 4) is 22.7 Å². The molecule has 7 heteroatoms. The van der Waals surface area contributed by atoms with E-state index in [9.17, 15) is 9.18 Å². The molecule has 0 spiro atoms. The van der Waals surface area contributed by atoms with Crippen molar-refractivity contribution in [2.45, 2.75) is 13.1 Å². The molecule has 2 aromatic heterocycles. The minimum Gasteiger partial charge on any atom is -0.497 e. The van der Waals surface area contributed by atoms with E-state index in [-0.39, 0.29) is 11.4 Å². The second-order valence-corrected chi connectivity index (χ2v) is 7.94. The monoisotopic (exact) mass is 454 g/mol. The Morgan fingerprint density at radius 1 is 0.971 bits per heavy atom. The first-order chi connectivity index (χ1) is 16.6. The standard InChI is InChI=1S/C27H23FN4O2/c1-34-23-13-9-19(10-14-23)25-24-15-20(17-29-16-18-7-11-21(28)12-8-18)27(33)30-26(24)32(31-25)22-5-3-2-4-6-22/h2-15,29H,16-17H2,1H3,(H,30,33). The van der Waals surface area contributed by atoms with E-state index in [0.717, 1.165) is 33.6 Å². The lowest BCUT2D eigenvalue weighted by Gasteiger charge is -2.06. The number of benzene rings is 3. The van der Waals surface area contributed by atoms with Crippen LogP contribution in [0, 0.1) is 5.82 Å². The largest absolute Gasteiger partial charge is 0.497 e. The zero-order chi connectivity index (χ0) is 23.5. The number of hydrogen-bond acceptors (Lipinski definition) is 4. The first-order valence-corrected chi connectivity index (χ1v) is 10.9. The van der Waals surface area contributed by atoms with Crippen molar-refractivity contribution in [2.75, 3.05) is 7.11 Å². The zero-order valence-electron chi connectivity index (χ0n) is 18.6. The lowest BCUT2D eigenvalue weighted by atomic mass is 10.1. The van der Waals surface area contributed by atoms with Gasteiger partial charge in [-0.15, -0.1) is 0 Å². The van der Waals surface area contributed by atoms with Gasteiger partial charge in [0, 0.05) is 29.6 Å². The van der Waals surface area contributed by atoms with Gasteiger partial charge in [0.25, 0.3) is 5.56 Å². The molecule has 6 nitrogen and oxygen atoms in total. The summed E-state index contributed by atoms with van der Waals surface area (Å²) in [6.45, 7) is 0.883. The maximum absolute atomic E-state index is 13.1. The molecule has 5 aromatic rings. The van der Waals surface area contributed by atoms with E-state index < -0.39 is 0 Å². The molecule has 2 heterocycles. The maximum atomic E-state index is 13.1. The topological polar surface area (TPSA) is 71.9 Å². The Balaban J connectivity index is 1.54. The van der Waals surface area contributed by atoms with Crippen LogP contribution in [0.15, 0.2) is 89.7 Å². The molecular weight excluding hydrogens is 431 g/mol. The van der Waals surface area contributed by atoms with Crippen molar-refractivity contribution < 1.29 is 9.13 Å². The van der Waals surface area contributed by atoms with Crippen LogP contribution < -0.4 is 15.6 Å². The van der Waals surface area contributed by atoms with E-state index >= 15 is 0 Å². The number of methoxy groups -OCH3 is 1. The summed E-state index contributed by atoms with van der Waals surface area (Å²) in [5.74, 6) is 0.488. The van der Waals surface area contributed by atoms with Crippen LogP contribution in [0.2, 0.25) is 0 Å². The Kier molecular flexibility index (Phi) is 5.93. The van der Waals surface area contributed by atoms with Crippen LogP contribution in [-0.2, 0) is 13.1 Å². The Labute approximate surface area is 195 Å². The number of para-hydroxylation sites is 1. The minimum absolute atomic E-state index is 0.183. The van der Waals surface area contributed by atoms with Gasteiger partial charge in [-0.05, 0) is 60.2 Å². The van der Waals surface area contributed by atoms with Crippen molar-refractivity contribution in [1.82, 2.24) is 20.1 Å². The Morgan fingerprint density at radius 2 is 1.71 bits per heavy atom. The first-order valence-electron chi connectivity index (χ1n) is 10.9. The number of H-pyrrole nitrogens is 1. The van der Waals surface area contributed by atoms with Gasteiger partial charge in [0.2, 0.25) is 0 Å². The average Bonchev–Trinajstić information content (AvgIpc) is 3.24. The highest BCUT2D eigenvalue weighted by Gasteiger charge is 2.17. The fourth-order valence-corrected chi connectivity index (χ4v) is 3.91.